The monoisotopic (exact) mass is 455 g/mol. The molecule has 2 N–H and O–H groups in total. The highest BCUT2D eigenvalue weighted by molar-refractivity contribution is 14.1. The number of nitrogens with one attached hydrogen (secondary N) is 2. The molecule has 8 nitrogen and oxygen atoms in total. The number of amides is 2. The maximum absolute atomic E-state index is 12.0. The van der Waals surface area contributed by atoms with Gasteiger partial charge in [0.05, 0.1) is 10.5 Å². The number of carbonyl (C=O) groups excluding carboxylic acids is 2. The quantitative estimate of drug-likeness (QED) is 0.409. The van der Waals surface area contributed by atoms with Crippen molar-refractivity contribution in [2.45, 2.75) is 13.0 Å². The first-order valence-electron chi connectivity index (χ1n) is 7.14. The van der Waals surface area contributed by atoms with Gasteiger partial charge in [0.1, 0.15) is 5.75 Å². The molecule has 1 unspecified atom stereocenters. The summed E-state index contributed by atoms with van der Waals surface area (Å²) in [5.41, 5.74) is 4.96. The fourth-order valence-corrected chi connectivity index (χ4v) is 2.47. The van der Waals surface area contributed by atoms with Crippen LogP contribution in [0.25, 0.3) is 0 Å². The first-order valence-corrected chi connectivity index (χ1v) is 8.22. The summed E-state index contributed by atoms with van der Waals surface area (Å²) in [6.07, 6.45) is -0.906. The summed E-state index contributed by atoms with van der Waals surface area (Å²) in [4.78, 5) is 34.1. The van der Waals surface area contributed by atoms with E-state index >= 15 is 0 Å². The molecule has 0 aliphatic carbocycles. The number of benzene rings is 2. The van der Waals surface area contributed by atoms with Gasteiger partial charge < -0.3 is 4.74 Å². The predicted octanol–water partition coefficient (Wildman–Crippen LogP) is 2.43. The van der Waals surface area contributed by atoms with E-state index in [9.17, 15) is 19.7 Å². The van der Waals surface area contributed by atoms with E-state index in [0.717, 1.165) is 3.57 Å². The highest BCUT2D eigenvalue weighted by Gasteiger charge is 2.17. The molecule has 25 heavy (non-hydrogen) atoms. The molecule has 2 aromatic carbocycles. The molecule has 0 aromatic heterocycles. The number of hydrazine groups is 1. The smallest absolute Gasteiger partial charge is 0.279 e. The summed E-state index contributed by atoms with van der Waals surface area (Å²) in [7, 11) is 0. The fourth-order valence-electron chi connectivity index (χ4n) is 1.84. The largest absolute Gasteiger partial charge is 0.481 e. The number of rotatable bonds is 5. The van der Waals surface area contributed by atoms with Crippen LogP contribution in [0.5, 0.6) is 5.75 Å². The Bertz CT molecular complexity index is 795. The minimum atomic E-state index is -0.906. The number of nitro groups is 1. The highest BCUT2D eigenvalue weighted by Crippen LogP contribution is 2.18. The second-order valence-electron chi connectivity index (χ2n) is 4.93. The van der Waals surface area contributed by atoms with Gasteiger partial charge in [0.15, 0.2) is 6.10 Å². The zero-order valence-electron chi connectivity index (χ0n) is 13.1. The van der Waals surface area contributed by atoms with E-state index in [2.05, 4.69) is 10.9 Å². The van der Waals surface area contributed by atoms with Gasteiger partial charge in [0, 0.05) is 15.7 Å². The lowest BCUT2D eigenvalue weighted by Crippen LogP contribution is -2.47. The van der Waals surface area contributed by atoms with Gasteiger partial charge in [-0.2, -0.15) is 0 Å². The Hall–Kier alpha value is -2.69. The second-order valence-corrected chi connectivity index (χ2v) is 6.10. The maximum Gasteiger partial charge on any atom is 0.279 e. The van der Waals surface area contributed by atoms with Crippen molar-refractivity contribution in [1.29, 1.82) is 0 Å². The minimum Gasteiger partial charge on any atom is -0.481 e. The Kier molecular flexibility index (Phi) is 6.28. The Morgan fingerprint density at radius 1 is 1.12 bits per heavy atom. The number of hydrogen-bond donors (Lipinski definition) is 2. The SMILES string of the molecule is CC(Oc1ccc([N+](=O)[O-])cc1)C(=O)NNC(=O)c1ccccc1I. The third kappa shape index (κ3) is 5.14. The molecule has 1 atom stereocenters. The molecule has 0 bridgehead atoms. The number of ether oxygens (including phenoxy) is 1. The summed E-state index contributed by atoms with van der Waals surface area (Å²) in [6.45, 7) is 1.50. The summed E-state index contributed by atoms with van der Waals surface area (Å²) >= 11 is 2.02. The van der Waals surface area contributed by atoms with Crippen LogP contribution in [0.2, 0.25) is 0 Å². The van der Waals surface area contributed by atoms with Gasteiger partial charge in [-0.05, 0) is 53.8 Å². The van der Waals surface area contributed by atoms with Gasteiger partial charge in [0.25, 0.3) is 17.5 Å². The van der Waals surface area contributed by atoms with Crippen LogP contribution < -0.4 is 15.6 Å². The first kappa shape index (κ1) is 18.6. The van der Waals surface area contributed by atoms with Crippen LogP contribution >= 0.6 is 22.6 Å². The molecule has 130 valence electrons. The zero-order valence-corrected chi connectivity index (χ0v) is 15.2. The van der Waals surface area contributed by atoms with Gasteiger partial charge in [0.2, 0.25) is 0 Å². The number of halogens is 1. The Morgan fingerprint density at radius 3 is 2.36 bits per heavy atom. The number of non-ortho nitro benzene ring substituents is 1. The Labute approximate surface area is 156 Å². The van der Waals surface area contributed by atoms with Gasteiger partial charge in [-0.1, -0.05) is 12.1 Å². The van der Waals surface area contributed by atoms with E-state index in [1.807, 2.05) is 22.6 Å². The van der Waals surface area contributed by atoms with E-state index in [1.165, 1.54) is 31.2 Å². The first-order chi connectivity index (χ1) is 11.9. The predicted molar refractivity (Wildman–Crippen MR) is 98.0 cm³/mol. The standard InChI is InChI=1S/C16H14IN3O5/c1-10(25-12-8-6-11(7-9-12)20(23)24)15(21)18-19-16(22)13-4-2-3-5-14(13)17/h2-10H,1H3,(H,18,21)(H,19,22). The van der Waals surface area contributed by atoms with Crippen LogP contribution in [0.4, 0.5) is 5.69 Å². The van der Waals surface area contributed by atoms with Crippen LogP contribution in [-0.2, 0) is 4.79 Å². The molecule has 0 aliphatic heterocycles. The number of carbonyl (C=O) groups is 2. The normalized spacial score (nSPS) is 11.3. The van der Waals surface area contributed by atoms with Crippen LogP contribution in [0.3, 0.4) is 0 Å². The van der Waals surface area contributed by atoms with Crippen molar-refractivity contribution >= 4 is 40.1 Å². The van der Waals surface area contributed by atoms with E-state index < -0.39 is 22.8 Å². The summed E-state index contributed by atoms with van der Waals surface area (Å²) in [6, 6.07) is 12.3. The molecular formula is C16H14IN3O5. The van der Waals surface area contributed by atoms with Crippen LogP contribution in [0.15, 0.2) is 48.5 Å². The van der Waals surface area contributed by atoms with Crippen LogP contribution in [-0.4, -0.2) is 22.8 Å². The molecule has 0 spiro atoms. The topological polar surface area (TPSA) is 111 Å². The second kappa shape index (κ2) is 8.42. The van der Waals surface area contributed by atoms with Crippen molar-refractivity contribution in [3.63, 3.8) is 0 Å². The molecular weight excluding hydrogens is 441 g/mol. The molecule has 0 heterocycles. The van der Waals surface area contributed by atoms with Gasteiger partial charge >= 0.3 is 0 Å². The average Bonchev–Trinajstić information content (AvgIpc) is 2.60. The van der Waals surface area contributed by atoms with Crippen molar-refractivity contribution < 1.29 is 19.2 Å². The molecule has 0 aliphatic rings. The van der Waals surface area contributed by atoms with Gasteiger partial charge in [-0.15, -0.1) is 0 Å². The Morgan fingerprint density at radius 2 is 1.76 bits per heavy atom. The summed E-state index contributed by atoms with van der Waals surface area (Å²) < 4.78 is 6.14. The van der Waals surface area contributed by atoms with E-state index in [0.29, 0.717) is 11.3 Å². The van der Waals surface area contributed by atoms with Crippen LogP contribution in [0.1, 0.15) is 17.3 Å². The lowest BCUT2D eigenvalue weighted by molar-refractivity contribution is -0.384. The van der Waals surface area contributed by atoms with E-state index in [-0.39, 0.29) is 5.69 Å². The van der Waals surface area contributed by atoms with Crippen LogP contribution in [0, 0.1) is 13.7 Å². The van der Waals surface area contributed by atoms with E-state index in [1.54, 1.807) is 24.3 Å². The highest BCUT2D eigenvalue weighted by atomic mass is 127. The molecule has 2 rings (SSSR count). The van der Waals surface area contributed by atoms with Crippen molar-refractivity contribution in [2.24, 2.45) is 0 Å². The number of nitro benzene ring substituents is 1. The fraction of sp³-hybridized carbons (Fsp3) is 0.125. The van der Waals surface area contributed by atoms with Crippen molar-refractivity contribution in [1.82, 2.24) is 10.9 Å². The summed E-state index contributed by atoms with van der Waals surface area (Å²) in [5.74, 6) is -0.698. The molecule has 0 saturated carbocycles. The third-order valence-corrected chi connectivity index (χ3v) is 4.09. The van der Waals surface area contributed by atoms with Gasteiger partial charge in [-0.3, -0.25) is 30.6 Å². The minimum absolute atomic E-state index is 0.0748. The molecule has 9 heteroatoms. The number of nitrogens with zero attached hydrogens (tertiary/aromatic N) is 1. The zero-order chi connectivity index (χ0) is 18.4. The number of hydrogen-bond acceptors (Lipinski definition) is 5. The molecule has 0 radical (unpaired) electrons. The third-order valence-electron chi connectivity index (χ3n) is 3.15. The van der Waals surface area contributed by atoms with E-state index in [4.69, 9.17) is 4.74 Å². The van der Waals surface area contributed by atoms with Gasteiger partial charge in [-0.25, -0.2) is 0 Å². The lowest BCUT2D eigenvalue weighted by Gasteiger charge is -2.15. The molecule has 0 saturated heterocycles. The Balaban J connectivity index is 1.89. The molecule has 0 fully saturated rings. The molecule has 2 amide bonds. The van der Waals surface area contributed by atoms with Crippen molar-refractivity contribution in [3.8, 4) is 5.75 Å². The van der Waals surface area contributed by atoms with Crippen molar-refractivity contribution in [3.05, 3.63) is 67.8 Å². The average molecular weight is 455 g/mol. The maximum atomic E-state index is 12.0. The lowest BCUT2D eigenvalue weighted by atomic mass is 10.2. The van der Waals surface area contributed by atoms with Crippen molar-refractivity contribution in [2.75, 3.05) is 0 Å². The molecule has 2 aromatic rings. The summed E-state index contributed by atoms with van der Waals surface area (Å²) in [5, 5.41) is 10.6.